The highest BCUT2D eigenvalue weighted by atomic mass is 16.3. The second-order valence-electron chi connectivity index (χ2n) is 2.45. The molecule has 0 bridgehead atoms. The van der Waals surface area contributed by atoms with Crippen molar-refractivity contribution in [2.75, 3.05) is 6.61 Å². The average Bonchev–Trinajstić information content (AvgIpc) is 1.85. The van der Waals surface area contributed by atoms with E-state index < -0.39 is 12.5 Å². The Morgan fingerprint density at radius 1 is 1.30 bits per heavy atom. The predicted octanol–water partition coefficient (Wildman–Crippen LogP) is -1.14. The monoisotopic (exact) mass is 149 g/mol. The molecule has 0 spiro atoms. The van der Waals surface area contributed by atoms with Crippen molar-refractivity contribution in [2.24, 2.45) is 5.92 Å². The number of hydrogen-bond acceptors (Lipinski definition) is 4. The van der Waals surface area contributed by atoms with Gasteiger partial charge in [0.2, 0.25) is 0 Å². The Morgan fingerprint density at radius 2 is 1.80 bits per heavy atom. The number of hydrogen-bond donors (Lipinski definition) is 4. The fourth-order valence-corrected chi connectivity index (χ4v) is 0.511. The van der Waals surface area contributed by atoms with E-state index in [1.165, 1.54) is 6.92 Å². The van der Waals surface area contributed by atoms with Gasteiger partial charge in [-0.2, -0.15) is 0 Å². The van der Waals surface area contributed by atoms with E-state index in [1.807, 2.05) is 0 Å². The zero-order valence-corrected chi connectivity index (χ0v) is 6.28. The van der Waals surface area contributed by atoms with Crippen molar-refractivity contribution in [2.45, 2.75) is 26.3 Å². The van der Waals surface area contributed by atoms with Crippen LogP contribution in [-0.2, 0) is 0 Å². The van der Waals surface area contributed by atoms with Gasteiger partial charge in [0, 0.05) is 12.5 Å². The molecule has 10 heavy (non-hydrogen) atoms. The number of rotatable bonds is 4. The van der Waals surface area contributed by atoms with E-state index >= 15 is 0 Å². The second kappa shape index (κ2) is 4.62. The molecule has 0 saturated heterocycles. The molecule has 4 heteroatoms. The smallest absolute Gasteiger partial charge is 0.111 e. The van der Waals surface area contributed by atoms with Crippen LogP contribution in [0.2, 0.25) is 0 Å². The maximum atomic E-state index is 9.06. The summed E-state index contributed by atoms with van der Waals surface area (Å²) in [5.74, 6) is -0.255. The first-order chi connectivity index (χ1) is 4.57. The molecule has 0 rings (SSSR count). The van der Waals surface area contributed by atoms with Gasteiger partial charge in [-0.15, -0.1) is 0 Å². The predicted molar refractivity (Wildman–Crippen MR) is 37.1 cm³/mol. The van der Waals surface area contributed by atoms with Crippen LogP contribution in [0.5, 0.6) is 0 Å². The van der Waals surface area contributed by atoms with Crippen LogP contribution in [0.3, 0.4) is 0 Å². The van der Waals surface area contributed by atoms with Crippen LogP contribution < -0.4 is 5.32 Å². The Morgan fingerprint density at radius 3 is 2.10 bits per heavy atom. The molecule has 4 N–H and O–H groups in total. The standard InChI is InChI=1S/C6H15NO3/c1-4(3-8)6(10)7-5(2)9/h4-10H,3H2,1-2H3. The SMILES string of the molecule is CC(O)NC(O)C(C)CO. The summed E-state index contributed by atoms with van der Waals surface area (Å²) >= 11 is 0. The highest BCUT2D eigenvalue weighted by molar-refractivity contribution is 4.60. The topological polar surface area (TPSA) is 72.7 Å². The summed E-state index contributed by atoms with van der Waals surface area (Å²) in [4.78, 5) is 0. The van der Waals surface area contributed by atoms with Crippen LogP contribution in [0.4, 0.5) is 0 Å². The van der Waals surface area contributed by atoms with Gasteiger partial charge < -0.3 is 15.3 Å². The summed E-state index contributed by atoms with van der Waals surface area (Å²) in [6, 6.07) is 0. The van der Waals surface area contributed by atoms with E-state index in [0.29, 0.717) is 0 Å². The van der Waals surface area contributed by atoms with Gasteiger partial charge in [-0.25, -0.2) is 0 Å². The van der Waals surface area contributed by atoms with E-state index in [0.717, 1.165) is 0 Å². The molecule has 0 aliphatic rings. The maximum Gasteiger partial charge on any atom is 0.111 e. The first kappa shape index (κ1) is 9.84. The minimum atomic E-state index is -0.843. The lowest BCUT2D eigenvalue weighted by Crippen LogP contribution is -2.41. The molecular formula is C6H15NO3. The maximum absolute atomic E-state index is 9.06. The van der Waals surface area contributed by atoms with Gasteiger partial charge in [0.15, 0.2) is 0 Å². The Bertz CT molecular complexity index is 87.1. The Kier molecular flexibility index (Phi) is 4.55. The van der Waals surface area contributed by atoms with Crippen LogP contribution in [-0.4, -0.2) is 34.4 Å². The fraction of sp³-hybridized carbons (Fsp3) is 1.00. The number of aliphatic hydroxyl groups excluding tert-OH is 3. The Labute approximate surface area is 60.5 Å². The normalized spacial score (nSPS) is 20.1. The lowest BCUT2D eigenvalue weighted by Gasteiger charge is -2.19. The molecule has 0 aromatic rings. The first-order valence-corrected chi connectivity index (χ1v) is 3.31. The zero-order chi connectivity index (χ0) is 8.15. The molecular weight excluding hydrogens is 134 g/mol. The van der Waals surface area contributed by atoms with E-state index in [4.69, 9.17) is 15.3 Å². The third-order valence-electron chi connectivity index (χ3n) is 1.24. The molecule has 3 atom stereocenters. The summed E-state index contributed by atoms with van der Waals surface area (Å²) in [5, 5.41) is 28.8. The minimum absolute atomic E-state index is 0.0963. The van der Waals surface area contributed by atoms with Crippen molar-refractivity contribution in [3.05, 3.63) is 0 Å². The summed E-state index contributed by atoms with van der Waals surface area (Å²) in [6.07, 6.45) is -1.59. The molecule has 62 valence electrons. The number of aliphatic hydroxyl groups is 3. The van der Waals surface area contributed by atoms with Crippen LogP contribution in [0.25, 0.3) is 0 Å². The average molecular weight is 149 g/mol. The van der Waals surface area contributed by atoms with E-state index in [-0.39, 0.29) is 12.5 Å². The molecule has 0 amide bonds. The van der Waals surface area contributed by atoms with E-state index in [2.05, 4.69) is 5.32 Å². The van der Waals surface area contributed by atoms with Crippen molar-refractivity contribution >= 4 is 0 Å². The van der Waals surface area contributed by atoms with E-state index in [1.54, 1.807) is 6.92 Å². The van der Waals surface area contributed by atoms with Gasteiger partial charge in [0.25, 0.3) is 0 Å². The van der Waals surface area contributed by atoms with Crippen molar-refractivity contribution in [1.29, 1.82) is 0 Å². The Balaban J connectivity index is 3.50. The fourth-order valence-electron chi connectivity index (χ4n) is 0.511. The summed E-state index contributed by atoms with van der Waals surface area (Å²) in [7, 11) is 0. The van der Waals surface area contributed by atoms with Crippen molar-refractivity contribution < 1.29 is 15.3 Å². The van der Waals surface area contributed by atoms with Crippen molar-refractivity contribution in [1.82, 2.24) is 5.32 Å². The van der Waals surface area contributed by atoms with Crippen molar-refractivity contribution in [3.8, 4) is 0 Å². The first-order valence-electron chi connectivity index (χ1n) is 3.31. The molecule has 3 unspecified atom stereocenters. The molecule has 0 radical (unpaired) electrons. The largest absolute Gasteiger partial charge is 0.396 e. The molecule has 0 fully saturated rings. The van der Waals surface area contributed by atoms with Crippen LogP contribution >= 0.6 is 0 Å². The third kappa shape index (κ3) is 3.79. The lowest BCUT2D eigenvalue weighted by molar-refractivity contribution is 0.00364. The van der Waals surface area contributed by atoms with Gasteiger partial charge in [0.1, 0.15) is 12.5 Å². The van der Waals surface area contributed by atoms with Gasteiger partial charge in [0.05, 0.1) is 0 Å². The van der Waals surface area contributed by atoms with Gasteiger partial charge in [-0.1, -0.05) is 6.92 Å². The van der Waals surface area contributed by atoms with Crippen LogP contribution in [0.1, 0.15) is 13.8 Å². The van der Waals surface area contributed by atoms with Gasteiger partial charge in [-0.05, 0) is 6.92 Å². The third-order valence-corrected chi connectivity index (χ3v) is 1.24. The quantitative estimate of drug-likeness (QED) is 0.381. The van der Waals surface area contributed by atoms with Crippen LogP contribution in [0, 0.1) is 5.92 Å². The zero-order valence-electron chi connectivity index (χ0n) is 6.28. The molecule has 0 aliphatic carbocycles. The minimum Gasteiger partial charge on any atom is -0.396 e. The van der Waals surface area contributed by atoms with Crippen LogP contribution in [0.15, 0.2) is 0 Å². The van der Waals surface area contributed by atoms with Crippen molar-refractivity contribution in [3.63, 3.8) is 0 Å². The second-order valence-corrected chi connectivity index (χ2v) is 2.45. The van der Waals surface area contributed by atoms with E-state index in [9.17, 15) is 0 Å². The highest BCUT2D eigenvalue weighted by Crippen LogP contribution is 1.97. The number of nitrogens with one attached hydrogen (secondary N) is 1. The summed E-state index contributed by atoms with van der Waals surface area (Å²) in [5.41, 5.74) is 0. The highest BCUT2D eigenvalue weighted by Gasteiger charge is 2.13. The van der Waals surface area contributed by atoms with Gasteiger partial charge in [-0.3, -0.25) is 5.32 Å². The molecule has 0 heterocycles. The molecule has 0 aliphatic heterocycles. The van der Waals surface area contributed by atoms with Gasteiger partial charge >= 0.3 is 0 Å². The lowest BCUT2D eigenvalue weighted by atomic mass is 10.1. The Hall–Kier alpha value is -0.160. The molecule has 4 nitrogen and oxygen atoms in total. The molecule has 0 aromatic heterocycles. The summed E-state index contributed by atoms with van der Waals surface area (Å²) in [6.45, 7) is 3.09. The molecule has 0 aromatic carbocycles. The summed E-state index contributed by atoms with van der Waals surface area (Å²) < 4.78 is 0. The molecule has 0 saturated carbocycles.